The molecule has 0 aromatic carbocycles. The Morgan fingerprint density at radius 2 is 1.17 bits per heavy atom. The summed E-state index contributed by atoms with van der Waals surface area (Å²) in [4.78, 5) is 0. The molecule has 1 aliphatic rings. The Labute approximate surface area is 138 Å². The summed E-state index contributed by atoms with van der Waals surface area (Å²) < 4.78 is 48.1. The minimum atomic E-state index is -3.84. The van der Waals surface area contributed by atoms with Crippen LogP contribution >= 0.6 is 15.2 Å². The third kappa shape index (κ3) is 5.31. The fourth-order valence-electron chi connectivity index (χ4n) is 2.16. The molecule has 1 saturated heterocycles. The lowest BCUT2D eigenvalue weighted by atomic mass is 10.3. The Balaban J connectivity index is 3.46. The summed E-state index contributed by atoms with van der Waals surface area (Å²) in [5, 5.41) is 6.06. The first-order valence-electron chi connectivity index (χ1n) is 7.98. The van der Waals surface area contributed by atoms with Crippen molar-refractivity contribution in [3.63, 3.8) is 0 Å². The van der Waals surface area contributed by atoms with Gasteiger partial charge in [0.1, 0.15) is 5.82 Å². The van der Waals surface area contributed by atoms with E-state index in [0.717, 1.165) is 6.42 Å². The van der Waals surface area contributed by atoms with Crippen LogP contribution < -0.4 is 10.6 Å². The molecule has 0 bridgehead atoms. The van der Waals surface area contributed by atoms with Crippen molar-refractivity contribution >= 4 is 15.2 Å². The maximum absolute atomic E-state index is 13.3. The zero-order valence-corrected chi connectivity index (χ0v) is 16.1. The fraction of sp³-hybridized carbons (Fsp3) is 0.846. The predicted molar refractivity (Wildman–Crippen MR) is 89.4 cm³/mol. The molecule has 0 unspecified atom stereocenters. The van der Waals surface area contributed by atoms with Crippen molar-refractivity contribution in [3.8, 4) is 0 Å². The first-order valence-corrected chi connectivity index (χ1v) is 11.1. The van der Waals surface area contributed by atoms with Crippen LogP contribution in [0.3, 0.4) is 0 Å². The lowest BCUT2D eigenvalue weighted by molar-refractivity contribution is 0.213. The van der Waals surface area contributed by atoms with Gasteiger partial charge in [-0.2, -0.15) is 0 Å². The van der Waals surface area contributed by atoms with E-state index in [1.165, 1.54) is 0 Å². The van der Waals surface area contributed by atoms with Gasteiger partial charge in [0.2, 0.25) is 0 Å². The topological polar surface area (TPSA) is 95.1 Å². The highest BCUT2D eigenvalue weighted by Gasteiger charge is 2.48. The molecule has 23 heavy (non-hydrogen) atoms. The highest BCUT2D eigenvalue weighted by atomic mass is 31.2. The molecule has 0 spiro atoms. The van der Waals surface area contributed by atoms with Crippen LogP contribution in [-0.4, -0.2) is 39.5 Å². The number of hydrogen-bond acceptors (Lipinski definition) is 8. The molecule has 0 atom stereocenters. The molecule has 136 valence electrons. The van der Waals surface area contributed by atoms with Crippen LogP contribution in [0, 0.1) is 0 Å². The molecule has 10 heteroatoms. The Bertz CT molecular complexity index is 437. The van der Waals surface area contributed by atoms with Crippen molar-refractivity contribution < 1.29 is 27.2 Å². The monoisotopic (exact) mass is 370 g/mol. The molecule has 8 nitrogen and oxygen atoms in total. The average molecular weight is 370 g/mol. The van der Waals surface area contributed by atoms with Gasteiger partial charge in [-0.1, -0.05) is 0 Å². The molecule has 0 radical (unpaired) electrons. The molecule has 1 aliphatic heterocycles. The van der Waals surface area contributed by atoms with Gasteiger partial charge in [0.05, 0.1) is 26.4 Å². The van der Waals surface area contributed by atoms with E-state index in [1.54, 1.807) is 27.7 Å². The van der Waals surface area contributed by atoms with Crippen LogP contribution in [0.5, 0.6) is 0 Å². The van der Waals surface area contributed by atoms with Gasteiger partial charge >= 0.3 is 15.2 Å². The summed E-state index contributed by atoms with van der Waals surface area (Å²) in [6.45, 7) is 8.68. The van der Waals surface area contributed by atoms with Crippen LogP contribution in [0.15, 0.2) is 10.9 Å². The van der Waals surface area contributed by atoms with E-state index in [9.17, 15) is 9.13 Å². The maximum atomic E-state index is 13.3. The van der Waals surface area contributed by atoms with Gasteiger partial charge < -0.3 is 28.7 Å². The number of rotatable bonds is 10. The fourth-order valence-corrected chi connectivity index (χ4v) is 6.91. The molecule has 0 saturated carbocycles. The quantitative estimate of drug-likeness (QED) is 0.566. The third-order valence-corrected chi connectivity index (χ3v) is 8.24. The standard InChI is InChI=1S/C13H28N2O6P2/c1-5-18-22(16,19-6-2)13(12-14-10-9-11-15-12)23(17,20-7-3)21-8-4/h14-15H,5-11H2,1-4H3. The minimum absolute atomic E-state index is 0.0721. The molecule has 0 aromatic rings. The van der Waals surface area contributed by atoms with E-state index in [4.69, 9.17) is 18.1 Å². The van der Waals surface area contributed by atoms with Gasteiger partial charge in [0.25, 0.3) is 0 Å². The minimum Gasteiger partial charge on any atom is -0.371 e. The van der Waals surface area contributed by atoms with Crippen LogP contribution in [0.4, 0.5) is 0 Å². The molecule has 1 rings (SSSR count). The Morgan fingerprint density at radius 3 is 1.48 bits per heavy atom. The van der Waals surface area contributed by atoms with Crippen LogP contribution in [0.25, 0.3) is 0 Å². The summed E-state index contributed by atoms with van der Waals surface area (Å²) in [6.07, 6.45) is 0.887. The van der Waals surface area contributed by atoms with Gasteiger partial charge in [0, 0.05) is 13.1 Å². The van der Waals surface area contributed by atoms with E-state index in [2.05, 4.69) is 10.6 Å². The van der Waals surface area contributed by atoms with Crippen molar-refractivity contribution in [1.29, 1.82) is 0 Å². The lowest BCUT2D eigenvalue weighted by Crippen LogP contribution is -2.36. The van der Waals surface area contributed by atoms with E-state index in [-0.39, 0.29) is 31.5 Å². The Hall–Kier alpha value is -0.360. The normalized spacial score (nSPS) is 15.9. The Kier molecular flexibility index (Phi) is 8.83. The second-order valence-electron chi connectivity index (χ2n) is 4.57. The van der Waals surface area contributed by atoms with E-state index in [0.29, 0.717) is 18.9 Å². The molecule has 1 fully saturated rings. The molecule has 2 N–H and O–H groups in total. The first kappa shape index (κ1) is 20.7. The Morgan fingerprint density at radius 1 is 0.826 bits per heavy atom. The summed E-state index contributed by atoms with van der Waals surface area (Å²) in [7, 11) is -7.67. The molecule has 1 heterocycles. The number of hydrogen-bond donors (Lipinski definition) is 2. The molecule has 0 aromatic heterocycles. The van der Waals surface area contributed by atoms with Crippen molar-refractivity contribution in [2.45, 2.75) is 34.1 Å². The van der Waals surface area contributed by atoms with Gasteiger partial charge in [-0.15, -0.1) is 0 Å². The highest BCUT2D eigenvalue weighted by Crippen LogP contribution is 2.74. The van der Waals surface area contributed by atoms with E-state index < -0.39 is 15.2 Å². The summed E-state index contributed by atoms with van der Waals surface area (Å²) in [6, 6.07) is 0. The summed E-state index contributed by atoms with van der Waals surface area (Å²) in [5.41, 5.74) is 0. The molecule has 0 aliphatic carbocycles. The van der Waals surface area contributed by atoms with Crippen molar-refractivity contribution in [3.05, 3.63) is 10.9 Å². The van der Waals surface area contributed by atoms with Crippen LogP contribution in [0.2, 0.25) is 0 Å². The molecular formula is C13H28N2O6P2. The van der Waals surface area contributed by atoms with Crippen LogP contribution in [0.1, 0.15) is 34.1 Å². The lowest BCUT2D eigenvalue weighted by Gasteiger charge is -2.30. The van der Waals surface area contributed by atoms with Gasteiger partial charge in [-0.25, -0.2) is 0 Å². The zero-order chi connectivity index (χ0) is 17.3. The maximum Gasteiger partial charge on any atom is 0.373 e. The first-order chi connectivity index (χ1) is 11.0. The SMILES string of the molecule is CCOP(=O)(OCC)C(=C1NCCCN1)P(=O)(OCC)OCC. The van der Waals surface area contributed by atoms with Gasteiger partial charge in [-0.3, -0.25) is 9.13 Å². The molecular weight excluding hydrogens is 342 g/mol. The van der Waals surface area contributed by atoms with Crippen molar-refractivity contribution in [1.82, 2.24) is 10.6 Å². The number of nitrogens with one attached hydrogen (secondary N) is 2. The van der Waals surface area contributed by atoms with E-state index >= 15 is 0 Å². The van der Waals surface area contributed by atoms with Crippen molar-refractivity contribution in [2.75, 3.05) is 39.5 Å². The van der Waals surface area contributed by atoms with Gasteiger partial charge in [-0.05, 0) is 34.1 Å². The highest BCUT2D eigenvalue weighted by molar-refractivity contribution is 7.78. The largest absolute Gasteiger partial charge is 0.373 e. The average Bonchev–Trinajstić information content (AvgIpc) is 2.49. The van der Waals surface area contributed by atoms with Gasteiger partial charge in [0.15, 0.2) is 5.06 Å². The summed E-state index contributed by atoms with van der Waals surface area (Å²) in [5.74, 6) is 0.353. The zero-order valence-electron chi connectivity index (χ0n) is 14.3. The smallest absolute Gasteiger partial charge is 0.371 e. The van der Waals surface area contributed by atoms with Crippen molar-refractivity contribution in [2.24, 2.45) is 0 Å². The van der Waals surface area contributed by atoms with Crippen LogP contribution in [-0.2, 0) is 27.2 Å². The summed E-state index contributed by atoms with van der Waals surface area (Å²) >= 11 is 0. The third-order valence-electron chi connectivity index (χ3n) is 2.90. The predicted octanol–water partition coefficient (Wildman–Crippen LogP) is 3.23. The second kappa shape index (κ2) is 9.82. The van der Waals surface area contributed by atoms with E-state index in [1.807, 2.05) is 0 Å². The molecule has 0 amide bonds. The second-order valence-corrected chi connectivity index (χ2v) is 8.84.